The van der Waals surface area contributed by atoms with Crippen molar-refractivity contribution in [2.45, 2.75) is 13.8 Å². The van der Waals surface area contributed by atoms with Gasteiger partial charge in [-0.3, -0.25) is 4.98 Å². The summed E-state index contributed by atoms with van der Waals surface area (Å²) >= 11 is 0. The van der Waals surface area contributed by atoms with E-state index in [-0.39, 0.29) is 0 Å². The van der Waals surface area contributed by atoms with E-state index in [1.165, 1.54) is 0 Å². The molecule has 3 heteroatoms. The Bertz CT molecular complexity index is 969. The molecule has 1 aromatic carbocycles. The first-order valence-corrected chi connectivity index (χ1v) is 6.93. The molecule has 3 aromatic heterocycles. The van der Waals surface area contributed by atoms with Crippen molar-refractivity contribution in [2.75, 3.05) is 0 Å². The van der Waals surface area contributed by atoms with Crippen LogP contribution in [0.5, 0.6) is 0 Å². The highest BCUT2D eigenvalue weighted by Gasteiger charge is 2.14. The molecule has 4 rings (SSSR count). The molecule has 0 aliphatic heterocycles. The van der Waals surface area contributed by atoms with Crippen molar-refractivity contribution >= 4 is 21.9 Å². The minimum atomic E-state index is 0.839. The average molecular weight is 274 g/mol. The maximum absolute atomic E-state index is 5.62. The Morgan fingerprint density at radius 1 is 1.05 bits per heavy atom. The lowest BCUT2D eigenvalue weighted by Gasteiger charge is -2.09. The molecular weight excluding hydrogens is 260 g/mol. The highest BCUT2D eigenvalue weighted by molar-refractivity contribution is 6.09. The number of benzene rings is 1. The van der Waals surface area contributed by atoms with Crippen molar-refractivity contribution in [3.05, 3.63) is 60.1 Å². The van der Waals surface area contributed by atoms with Crippen molar-refractivity contribution in [1.82, 2.24) is 9.97 Å². The Kier molecular flexibility index (Phi) is 2.54. The van der Waals surface area contributed by atoms with Gasteiger partial charge in [-0.2, -0.15) is 0 Å². The topological polar surface area (TPSA) is 38.9 Å². The average Bonchev–Trinajstić information content (AvgIpc) is 2.95. The van der Waals surface area contributed by atoms with E-state index < -0.39 is 0 Å². The first-order chi connectivity index (χ1) is 10.2. The van der Waals surface area contributed by atoms with Gasteiger partial charge >= 0.3 is 0 Å². The zero-order valence-corrected chi connectivity index (χ0v) is 11.9. The number of furan rings is 1. The van der Waals surface area contributed by atoms with Gasteiger partial charge in [0, 0.05) is 28.2 Å². The van der Waals surface area contributed by atoms with Crippen LogP contribution in [0.3, 0.4) is 0 Å². The molecule has 0 fully saturated rings. The first kappa shape index (κ1) is 12.1. The van der Waals surface area contributed by atoms with E-state index in [0.29, 0.717) is 0 Å². The van der Waals surface area contributed by atoms with Crippen molar-refractivity contribution in [1.29, 1.82) is 0 Å². The van der Waals surface area contributed by atoms with Crippen LogP contribution >= 0.6 is 0 Å². The number of nitrogens with zero attached hydrogens (tertiary/aromatic N) is 2. The van der Waals surface area contributed by atoms with Gasteiger partial charge in [0.05, 0.1) is 12.0 Å². The summed E-state index contributed by atoms with van der Waals surface area (Å²) in [6, 6.07) is 12.3. The molecule has 4 aromatic rings. The summed E-state index contributed by atoms with van der Waals surface area (Å²) in [6.45, 7) is 4.07. The quantitative estimate of drug-likeness (QED) is 0.506. The fraction of sp³-hybridized carbons (Fsp3) is 0.111. The predicted octanol–water partition coefficient (Wildman–Crippen LogP) is 4.66. The Labute approximate surface area is 122 Å². The lowest BCUT2D eigenvalue weighted by molar-refractivity contribution is 0.618. The minimum absolute atomic E-state index is 0.839. The summed E-state index contributed by atoms with van der Waals surface area (Å²) in [5.41, 5.74) is 5.97. The largest absolute Gasteiger partial charge is 0.462 e. The molecule has 0 aliphatic carbocycles. The Hall–Kier alpha value is -2.68. The van der Waals surface area contributed by atoms with E-state index in [0.717, 1.165) is 44.4 Å². The third-order valence-corrected chi connectivity index (χ3v) is 3.80. The molecule has 3 heterocycles. The number of hydrogen-bond acceptors (Lipinski definition) is 3. The lowest BCUT2D eigenvalue weighted by atomic mass is 9.99. The second-order valence-electron chi connectivity index (χ2n) is 5.28. The molecule has 102 valence electrons. The van der Waals surface area contributed by atoms with Gasteiger partial charge in [0.2, 0.25) is 0 Å². The summed E-state index contributed by atoms with van der Waals surface area (Å²) in [4.78, 5) is 9.22. The molecule has 3 nitrogen and oxygen atoms in total. The van der Waals surface area contributed by atoms with Crippen LogP contribution in [0.2, 0.25) is 0 Å². The van der Waals surface area contributed by atoms with Gasteiger partial charge in [0.1, 0.15) is 5.52 Å². The summed E-state index contributed by atoms with van der Waals surface area (Å²) in [5.74, 6) is 0. The monoisotopic (exact) mass is 274 g/mol. The van der Waals surface area contributed by atoms with Crippen molar-refractivity contribution in [3.63, 3.8) is 0 Å². The van der Waals surface area contributed by atoms with Gasteiger partial charge < -0.3 is 4.42 Å². The second-order valence-corrected chi connectivity index (χ2v) is 5.28. The highest BCUT2D eigenvalue weighted by Crippen LogP contribution is 2.34. The summed E-state index contributed by atoms with van der Waals surface area (Å²) in [5, 5.41) is 2.13. The molecule has 0 saturated heterocycles. The summed E-state index contributed by atoms with van der Waals surface area (Å²) in [6.07, 6.45) is 3.54. The number of fused-ring (bicyclic) bond motifs is 3. The van der Waals surface area contributed by atoms with Crippen LogP contribution < -0.4 is 0 Å². The highest BCUT2D eigenvalue weighted by atomic mass is 16.3. The molecule has 0 amide bonds. The van der Waals surface area contributed by atoms with Crippen LogP contribution in [0.4, 0.5) is 0 Å². The smallest absolute Gasteiger partial charge is 0.160 e. The van der Waals surface area contributed by atoms with Gasteiger partial charge in [-0.1, -0.05) is 12.1 Å². The number of aromatic nitrogens is 2. The molecule has 0 radical (unpaired) electrons. The maximum Gasteiger partial charge on any atom is 0.160 e. The standard InChI is InChI=1S/C18H14N2O/c1-11-4-3-8-19-16(11)15-10-13-7-9-21-18(13)17-14(15)6-5-12(2)20-17/h3-10H,1-2H3. The first-order valence-electron chi connectivity index (χ1n) is 6.93. The second kappa shape index (κ2) is 4.42. The van der Waals surface area contributed by atoms with Crippen molar-refractivity contribution < 1.29 is 4.42 Å². The molecular formula is C18H14N2O. The molecule has 0 aliphatic rings. The number of aryl methyl sites for hydroxylation is 2. The molecule has 0 spiro atoms. The van der Waals surface area contributed by atoms with E-state index in [9.17, 15) is 0 Å². The number of rotatable bonds is 1. The maximum atomic E-state index is 5.62. The fourth-order valence-electron chi connectivity index (χ4n) is 2.77. The van der Waals surface area contributed by atoms with Crippen molar-refractivity contribution in [3.8, 4) is 11.3 Å². The SMILES string of the molecule is Cc1ccc2c(-c3ncccc3C)cc3ccoc3c2n1. The zero-order chi connectivity index (χ0) is 14.4. The third kappa shape index (κ3) is 1.82. The molecule has 0 saturated carbocycles. The van der Waals surface area contributed by atoms with E-state index >= 15 is 0 Å². The van der Waals surface area contributed by atoms with E-state index in [2.05, 4.69) is 35.1 Å². The van der Waals surface area contributed by atoms with Crippen LogP contribution in [0.25, 0.3) is 33.1 Å². The van der Waals surface area contributed by atoms with Gasteiger partial charge in [-0.05, 0) is 43.7 Å². The zero-order valence-electron chi connectivity index (χ0n) is 11.9. The lowest BCUT2D eigenvalue weighted by Crippen LogP contribution is -1.91. The van der Waals surface area contributed by atoms with Gasteiger partial charge in [0.25, 0.3) is 0 Å². The normalized spacial score (nSPS) is 11.3. The summed E-state index contributed by atoms with van der Waals surface area (Å²) in [7, 11) is 0. The Balaban J connectivity index is 2.19. The molecule has 21 heavy (non-hydrogen) atoms. The van der Waals surface area contributed by atoms with Gasteiger partial charge in [0.15, 0.2) is 5.58 Å². The van der Waals surface area contributed by atoms with E-state index in [1.54, 1.807) is 6.26 Å². The van der Waals surface area contributed by atoms with Crippen LogP contribution in [-0.4, -0.2) is 9.97 Å². The van der Waals surface area contributed by atoms with Crippen LogP contribution in [-0.2, 0) is 0 Å². The molecule has 0 bridgehead atoms. The Morgan fingerprint density at radius 2 is 1.95 bits per heavy atom. The van der Waals surface area contributed by atoms with E-state index in [4.69, 9.17) is 4.42 Å². The van der Waals surface area contributed by atoms with Crippen molar-refractivity contribution in [2.24, 2.45) is 0 Å². The number of hydrogen-bond donors (Lipinski definition) is 0. The van der Waals surface area contributed by atoms with Crippen LogP contribution in [0.1, 0.15) is 11.3 Å². The number of pyridine rings is 2. The van der Waals surface area contributed by atoms with Crippen LogP contribution in [0.15, 0.2) is 53.3 Å². The fourth-order valence-corrected chi connectivity index (χ4v) is 2.77. The van der Waals surface area contributed by atoms with Crippen LogP contribution in [0, 0.1) is 13.8 Å². The minimum Gasteiger partial charge on any atom is -0.462 e. The molecule has 0 N–H and O–H groups in total. The van der Waals surface area contributed by atoms with E-state index in [1.807, 2.05) is 31.3 Å². The molecule has 0 unspecified atom stereocenters. The third-order valence-electron chi connectivity index (χ3n) is 3.80. The molecule has 0 atom stereocenters. The Morgan fingerprint density at radius 3 is 2.81 bits per heavy atom. The van der Waals surface area contributed by atoms with Gasteiger partial charge in [-0.25, -0.2) is 4.98 Å². The van der Waals surface area contributed by atoms with Gasteiger partial charge in [-0.15, -0.1) is 0 Å². The summed E-state index contributed by atoms with van der Waals surface area (Å²) < 4.78 is 5.62. The predicted molar refractivity (Wildman–Crippen MR) is 84.2 cm³/mol.